The van der Waals surface area contributed by atoms with Gasteiger partial charge < -0.3 is 5.73 Å². The molecule has 4 heteroatoms. The zero-order chi connectivity index (χ0) is 11.4. The maximum atomic E-state index is 5.83. The third-order valence-electron chi connectivity index (χ3n) is 2.43. The standard InChI is InChI=1S/C12H12IN3/c13-11-10(12(14)16-8-15-11)7-6-9-4-2-1-3-5-9/h1-5,8H,6-7H2,(H2,14,15,16). The van der Waals surface area contributed by atoms with Crippen molar-refractivity contribution in [2.24, 2.45) is 0 Å². The first-order chi connectivity index (χ1) is 7.77. The number of hydrogen-bond acceptors (Lipinski definition) is 3. The van der Waals surface area contributed by atoms with E-state index in [4.69, 9.17) is 5.73 Å². The lowest BCUT2D eigenvalue weighted by Gasteiger charge is -2.06. The average Bonchev–Trinajstić information content (AvgIpc) is 2.30. The van der Waals surface area contributed by atoms with Crippen molar-refractivity contribution >= 4 is 28.4 Å². The highest BCUT2D eigenvalue weighted by Crippen LogP contribution is 2.16. The van der Waals surface area contributed by atoms with Gasteiger partial charge >= 0.3 is 0 Å². The van der Waals surface area contributed by atoms with E-state index >= 15 is 0 Å². The fourth-order valence-electron chi connectivity index (χ4n) is 1.55. The van der Waals surface area contributed by atoms with Crippen LogP contribution in [0.15, 0.2) is 36.7 Å². The number of aryl methyl sites for hydroxylation is 1. The molecule has 2 N–H and O–H groups in total. The van der Waals surface area contributed by atoms with Gasteiger partial charge in [0, 0.05) is 5.56 Å². The van der Waals surface area contributed by atoms with Crippen molar-refractivity contribution in [1.29, 1.82) is 0 Å². The number of anilines is 1. The van der Waals surface area contributed by atoms with Gasteiger partial charge in [-0.3, -0.25) is 0 Å². The molecule has 1 aromatic carbocycles. The molecule has 0 aliphatic rings. The van der Waals surface area contributed by atoms with Crippen molar-refractivity contribution in [2.75, 3.05) is 5.73 Å². The molecule has 0 spiro atoms. The number of nitrogen functional groups attached to an aromatic ring is 1. The van der Waals surface area contributed by atoms with Gasteiger partial charge in [0.1, 0.15) is 15.8 Å². The first kappa shape index (κ1) is 11.3. The predicted octanol–water partition coefficient (Wildman–Crippen LogP) is 2.45. The molecule has 0 saturated heterocycles. The largest absolute Gasteiger partial charge is 0.383 e. The minimum Gasteiger partial charge on any atom is -0.383 e. The van der Waals surface area contributed by atoms with Gasteiger partial charge in [0.05, 0.1) is 0 Å². The van der Waals surface area contributed by atoms with E-state index in [0.717, 1.165) is 22.1 Å². The number of aromatic nitrogens is 2. The van der Waals surface area contributed by atoms with Crippen LogP contribution in [0.2, 0.25) is 0 Å². The molecular weight excluding hydrogens is 313 g/mol. The highest BCUT2D eigenvalue weighted by atomic mass is 127. The number of nitrogens with two attached hydrogens (primary N) is 1. The second-order valence-electron chi connectivity index (χ2n) is 3.51. The quantitative estimate of drug-likeness (QED) is 0.697. The van der Waals surface area contributed by atoms with Gasteiger partial charge in [-0.2, -0.15) is 0 Å². The van der Waals surface area contributed by atoms with E-state index in [-0.39, 0.29) is 0 Å². The van der Waals surface area contributed by atoms with Gasteiger partial charge in [-0.25, -0.2) is 9.97 Å². The normalized spacial score (nSPS) is 10.3. The summed E-state index contributed by atoms with van der Waals surface area (Å²) in [5.74, 6) is 0.593. The van der Waals surface area contributed by atoms with Crippen LogP contribution in [0.1, 0.15) is 11.1 Å². The van der Waals surface area contributed by atoms with Crippen molar-refractivity contribution in [3.63, 3.8) is 0 Å². The molecule has 0 amide bonds. The molecule has 0 radical (unpaired) electrons. The molecule has 2 rings (SSSR count). The Morgan fingerprint density at radius 2 is 1.81 bits per heavy atom. The number of hydrogen-bond donors (Lipinski definition) is 1. The maximum absolute atomic E-state index is 5.83. The highest BCUT2D eigenvalue weighted by molar-refractivity contribution is 14.1. The summed E-state index contributed by atoms with van der Waals surface area (Å²) in [7, 11) is 0. The van der Waals surface area contributed by atoms with Crippen LogP contribution in [0, 0.1) is 3.70 Å². The van der Waals surface area contributed by atoms with Crippen LogP contribution in [0.3, 0.4) is 0 Å². The van der Waals surface area contributed by atoms with E-state index in [1.165, 1.54) is 11.9 Å². The van der Waals surface area contributed by atoms with Crippen LogP contribution in [0.25, 0.3) is 0 Å². The lowest BCUT2D eigenvalue weighted by atomic mass is 10.1. The Labute approximate surface area is 108 Å². The molecule has 0 atom stereocenters. The molecule has 0 aliphatic heterocycles. The third kappa shape index (κ3) is 2.69. The van der Waals surface area contributed by atoms with Gasteiger partial charge in [0.2, 0.25) is 0 Å². The molecule has 16 heavy (non-hydrogen) atoms. The lowest BCUT2D eigenvalue weighted by Crippen LogP contribution is -2.04. The molecule has 0 aliphatic carbocycles. The van der Waals surface area contributed by atoms with Crippen molar-refractivity contribution in [3.05, 3.63) is 51.5 Å². The number of halogens is 1. The minimum absolute atomic E-state index is 0.593. The molecule has 0 bridgehead atoms. The van der Waals surface area contributed by atoms with E-state index in [1.807, 2.05) is 18.2 Å². The summed E-state index contributed by atoms with van der Waals surface area (Å²) in [5, 5.41) is 0. The Bertz CT molecular complexity index is 451. The van der Waals surface area contributed by atoms with Gasteiger partial charge in [0.25, 0.3) is 0 Å². The molecule has 0 saturated carbocycles. The van der Waals surface area contributed by atoms with Crippen LogP contribution in [-0.4, -0.2) is 9.97 Å². The maximum Gasteiger partial charge on any atom is 0.131 e. The van der Waals surface area contributed by atoms with Crippen LogP contribution < -0.4 is 5.73 Å². The fourth-order valence-corrected chi connectivity index (χ4v) is 2.22. The summed E-state index contributed by atoms with van der Waals surface area (Å²) in [6.45, 7) is 0. The van der Waals surface area contributed by atoms with E-state index in [9.17, 15) is 0 Å². The van der Waals surface area contributed by atoms with Crippen molar-refractivity contribution in [1.82, 2.24) is 9.97 Å². The number of nitrogens with zero attached hydrogens (tertiary/aromatic N) is 2. The van der Waals surface area contributed by atoms with E-state index < -0.39 is 0 Å². The van der Waals surface area contributed by atoms with Crippen molar-refractivity contribution < 1.29 is 0 Å². The van der Waals surface area contributed by atoms with Gasteiger partial charge in [-0.05, 0) is 41.0 Å². The third-order valence-corrected chi connectivity index (χ3v) is 3.36. The Kier molecular flexibility index (Phi) is 3.71. The molecular formula is C12H12IN3. The summed E-state index contributed by atoms with van der Waals surface area (Å²) in [6, 6.07) is 10.4. The summed E-state index contributed by atoms with van der Waals surface area (Å²) in [6.07, 6.45) is 3.35. The minimum atomic E-state index is 0.593. The number of rotatable bonds is 3. The van der Waals surface area contributed by atoms with Crippen molar-refractivity contribution in [2.45, 2.75) is 12.8 Å². The topological polar surface area (TPSA) is 51.8 Å². The summed E-state index contributed by atoms with van der Waals surface area (Å²) >= 11 is 2.20. The first-order valence-electron chi connectivity index (χ1n) is 5.06. The molecule has 1 aromatic heterocycles. The average molecular weight is 325 g/mol. The Balaban J connectivity index is 2.11. The molecule has 2 aromatic rings. The zero-order valence-corrected chi connectivity index (χ0v) is 10.9. The smallest absolute Gasteiger partial charge is 0.131 e. The summed E-state index contributed by atoms with van der Waals surface area (Å²) in [5.41, 5.74) is 8.18. The monoisotopic (exact) mass is 325 g/mol. The van der Waals surface area contributed by atoms with Gasteiger partial charge in [-0.15, -0.1) is 0 Å². The predicted molar refractivity (Wildman–Crippen MR) is 73.0 cm³/mol. The van der Waals surface area contributed by atoms with Crippen LogP contribution in [0.5, 0.6) is 0 Å². The highest BCUT2D eigenvalue weighted by Gasteiger charge is 2.06. The second-order valence-corrected chi connectivity index (χ2v) is 4.54. The summed E-state index contributed by atoms with van der Waals surface area (Å²) < 4.78 is 0.945. The van der Waals surface area contributed by atoms with Gasteiger partial charge in [-0.1, -0.05) is 30.3 Å². The van der Waals surface area contributed by atoms with Crippen LogP contribution in [-0.2, 0) is 12.8 Å². The Morgan fingerprint density at radius 3 is 2.50 bits per heavy atom. The molecule has 0 fully saturated rings. The van der Waals surface area contributed by atoms with Gasteiger partial charge in [0.15, 0.2) is 0 Å². The van der Waals surface area contributed by atoms with Crippen molar-refractivity contribution in [3.8, 4) is 0 Å². The van der Waals surface area contributed by atoms with E-state index in [1.54, 1.807) is 0 Å². The Morgan fingerprint density at radius 1 is 1.06 bits per heavy atom. The van der Waals surface area contributed by atoms with Crippen LogP contribution >= 0.6 is 22.6 Å². The Hall–Kier alpha value is -1.17. The second kappa shape index (κ2) is 5.25. The number of benzene rings is 1. The first-order valence-corrected chi connectivity index (χ1v) is 6.14. The van der Waals surface area contributed by atoms with E-state index in [0.29, 0.717) is 5.82 Å². The molecule has 3 nitrogen and oxygen atoms in total. The molecule has 1 heterocycles. The molecule has 0 unspecified atom stereocenters. The zero-order valence-electron chi connectivity index (χ0n) is 8.73. The van der Waals surface area contributed by atoms with Crippen LogP contribution in [0.4, 0.5) is 5.82 Å². The molecule has 82 valence electrons. The SMILES string of the molecule is Nc1ncnc(I)c1CCc1ccccc1. The lowest BCUT2D eigenvalue weighted by molar-refractivity contribution is 0.925. The van der Waals surface area contributed by atoms with E-state index in [2.05, 4.69) is 44.7 Å². The fraction of sp³-hybridized carbons (Fsp3) is 0.167. The summed E-state index contributed by atoms with van der Waals surface area (Å²) in [4.78, 5) is 8.16.